The average molecular weight is 395 g/mol. The standard InChI is InChI=1S/C19H21N7OS/c1-28-16-6-4-15(5-7-16)22-19(27)14-3-2-10-25(11-14)17-8-9-18(24-23-17)26-13-20-12-21-26/h4-9,12-14H,2-3,10-11H2,1H3,(H,22,27). The molecule has 3 heterocycles. The van der Waals surface area contributed by atoms with Crippen LogP contribution in [-0.4, -0.2) is 50.2 Å². The van der Waals surface area contributed by atoms with E-state index in [1.807, 2.05) is 42.7 Å². The highest BCUT2D eigenvalue weighted by Gasteiger charge is 2.27. The lowest BCUT2D eigenvalue weighted by Gasteiger charge is -2.32. The van der Waals surface area contributed by atoms with Crippen molar-refractivity contribution in [2.24, 2.45) is 5.92 Å². The Morgan fingerprint density at radius 3 is 2.61 bits per heavy atom. The maximum absolute atomic E-state index is 12.7. The maximum Gasteiger partial charge on any atom is 0.229 e. The van der Waals surface area contributed by atoms with Crippen molar-refractivity contribution in [1.82, 2.24) is 25.0 Å². The van der Waals surface area contributed by atoms with Crippen LogP contribution in [0.5, 0.6) is 0 Å². The highest BCUT2D eigenvalue weighted by atomic mass is 32.2. The molecule has 2 aromatic heterocycles. The minimum absolute atomic E-state index is 0.0498. The molecule has 1 amide bonds. The molecule has 1 N–H and O–H groups in total. The van der Waals surface area contributed by atoms with Gasteiger partial charge in [-0.2, -0.15) is 5.10 Å². The Morgan fingerprint density at radius 1 is 1.14 bits per heavy atom. The number of rotatable bonds is 5. The predicted octanol–water partition coefficient (Wildman–Crippen LogP) is 2.63. The zero-order chi connectivity index (χ0) is 19.3. The Hall–Kier alpha value is -2.94. The van der Waals surface area contributed by atoms with Crippen LogP contribution in [0.3, 0.4) is 0 Å². The van der Waals surface area contributed by atoms with Gasteiger partial charge in [-0.05, 0) is 55.5 Å². The molecule has 1 aliphatic rings. The number of benzene rings is 1. The Labute approximate surface area is 167 Å². The molecule has 4 rings (SSSR count). The van der Waals surface area contributed by atoms with Crippen molar-refractivity contribution in [3.05, 3.63) is 49.1 Å². The van der Waals surface area contributed by atoms with E-state index >= 15 is 0 Å². The fourth-order valence-electron chi connectivity index (χ4n) is 3.25. The Balaban J connectivity index is 1.40. The lowest BCUT2D eigenvalue weighted by Crippen LogP contribution is -2.41. The lowest BCUT2D eigenvalue weighted by atomic mass is 9.97. The highest BCUT2D eigenvalue weighted by Crippen LogP contribution is 2.24. The number of piperidine rings is 1. The summed E-state index contributed by atoms with van der Waals surface area (Å²) >= 11 is 1.68. The van der Waals surface area contributed by atoms with Gasteiger partial charge < -0.3 is 10.2 Å². The third-order valence-corrected chi connectivity index (χ3v) is 5.51. The molecule has 0 radical (unpaired) electrons. The number of carbonyl (C=O) groups excluding carboxylic acids is 1. The van der Waals surface area contributed by atoms with Crippen molar-refractivity contribution in [1.29, 1.82) is 0 Å². The fraction of sp³-hybridized carbons (Fsp3) is 0.316. The number of carbonyl (C=O) groups is 1. The van der Waals surface area contributed by atoms with Gasteiger partial charge in [-0.25, -0.2) is 9.67 Å². The van der Waals surface area contributed by atoms with Gasteiger partial charge in [0.05, 0.1) is 5.92 Å². The molecule has 28 heavy (non-hydrogen) atoms. The lowest BCUT2D eigenvalue weighted by molar-refractivity contribution is -0.120. The molecular formula is C19H21N7OS. The molecular weight excluding hydrogens is 374 g/mol. The van der Waals surface area contributed by atoms with Gasteiger partial charge in [0.1, 0.15) is 12.7 Å². The highest BCUT2D eigenvalue weighted by molar-refractivity contribution is 7.98. The van der Waals surface area contributed by atoms with E-state index < -0.39 is 0 Å². The first-order chi connectivity index (χ1) is 13.7. The monoisotopic (exact) mass is 395 g/mol. The number of aromatic nitrogens is 5. The number of thioether (sulfide) groups is 1. The first kappa shape index (κ1) is 18.4. The molecule has 1 unspecified atom stereocenters. The maximum atomic E-state index is 12.7. The summed E-state index contributed by atoms with van der Waals surface area (Å²) in [5.41, 5.74) is 0.830. The third kappa shape index (κ3) is 4.14. The summed E-state index contributed by atoms with van der Waals surface area (Å²) in [6, 6.07) is 11.7. The molecule has 1 aromatic carbocycles. The van der Waals surface area contributed by atoms with Crippen LogP contribution in [0.15, 0.2) is 53.9 Å². The van der Waals surface area contributed by atoms with Gasteiger partial charge in [-0.3, -0.25) is 4.79 Å². The second-order valence-corrected chi connectivity index (χ2v) is 7.47. The van der Waals surface area contributed by atoms with Crippen LogP contribution in [0, 0.1) is 5.92 Å². The van der Waals surface area contributed by atoms with Gasteiger partial charge >= 0.3 is 0 Å². The Morgan fingerprint density at radius 2 is 1.93 bits per heavy atom. The summed E-state index contributed by atoms with van der Waals surface area (Å²) < 4.78 is 1.56. The Kier molecular flexibility index (Phi) is 5.52. The zero-order valence-electron chi connectivity index (χ0n) is 15.5. The zero-order valence-corrected chi connectivity index (χ0v) is 16.3. The van der Waals surface area contributed by atoms with Gasteiger partial charge in [0.15, 0.2) is 11.6 Å². The van der Waals surface area contributed by atoms with E-state index in [4.69, 9.17) is 0 Å². The summed E-state index contributed by atoms with van der Waals surface area (Å²) in [5, 5.41) is 15.6. The van der Waals surface area contributed by atoms with E-state index in [9.17, 15) is 4.79 Å². The van der Waals surface area contributed by atoms with E-state index in [2.05, 4.69) is 30.5 Å². The van der Waals surface area contributed by atoms with Gasteiger partial charge in [0.25, 0.3) is 0 Å². The summed E-state index contributed by atoms with van der Waals surface area (Å²) in [7, 11) is 0. The molecule has 0 saturated carbocycles. The van der Waals surface area contributed by atoms with Crippen molar-refractivity contribution in [3.63, 3.8) is 0 Å². The topological polar surface area (TPSA) is 88.8 Å². The van der Waals surface area contributed by atoms with Crippen molar-refractivity contribution >= 4 is 29.2 Å². The van der Waals surface area contributed by atoms with E-state index in [1.54, 1.807) is 22.8 Å². The predicted molar refractivity (Wildman–Crippen MR) is 109 cm³/mol. The molecule has 0 bridgehead atoms. The summed E-state index contributed by atoms with van der Waals surface area (Å²) in [6.07, 6.45) is 6.88. The second kappa shape index (κ2) is 8.39. The largest absolute Gasteiger partial charge is 0.354 e. The molecule has 8 nitrogen and oxygen atoms in total. The molecule has 0 aliphatic carbocycles. The van der Waals surface area contributed by atoms with Crippen LogP contribution in [0.2, 0.25) is 0 Å². The minimum Gasteiger partial charge on any atom is -0.354 e. The average Bonchev–Trinajstić information content (AvgIpc) is 3.29. The van der Waals surface area contributed by atoms with Crippen LogP contribution in [0.4, 0.5) is 11.5 Å². The molecule has 1 fully saturated rings. The summed E-state index contributed by atoms with van der Waals surface area (Å²) in [4.78, 5) is 19.9. The van der Waals surface area contributed by atoms with Crippen molar-refractivity contribution in [3.8, 4) is 5.82 Å². The summed E-state index contributed by atoms with van der Waals surface area (Å²) in [6.45, 7) is 1.50. The van der Waals surface area contributed by atoms with Crippen molar-refractivity contribution in [2.45, 2.75) is 17.7 Å². The normalized spacial score (nSPS) is 16.8. The smallest absolute Gasteiger partial charge is 0.229 e. The van der Waals surface area contributed by atoms with E-state index in [-0.39, 0.29) is 11.8 Å². The quantitative estimate of drug-likeness (QED) is 0.664. The molecule has 1 saturated heterocycles. The summed E-state index contributed by atoms with van der Waals surface area (Å²) in [5.74, 6) is 1.35. The minimum atomic E-state index is -0.0780. The molecule has 1 aliphatic heterocycles. The number of nitrogens with zero attached hydrogens (tertiary/aromatic N) is 6. The van der Waals surface area contributed by atoms with Gasteiger partial charge in [0, 0.05) is 23.7 Å². The van der Waals surface area contributed by atoms with Gasteiger partial charge in [-0.1, -0.05) is 0 Å². The first-order valence-electron chi connectivity index (χ1n) is 9.11. The molecule has 0 spiro atoms. The van der Waals surface area contributed by atoms with Gasteiger partial charge in [0.2, 0.25) is 5.91 Å². The van der Waals surface area contributed by atoms with Crippen LogP contribution in [0.25, 0.3) is 5.82 Å². The molecule has 3 aromatic rings. The van der Waals surface area contributed by atoms with E-state index in [0.717, 1.165) is 30.9 Å². The van der Waals surface area contributed by atoms with Crippen LogP contribution in [0.1, 0.15) is 12.8 Å². The second-order valence-electron chi connectivity index (χ2n) is 6.59. The van der Waals surface area contributed by atoms with Crippen molar-refractivity contribution in [2.75, 3.05) is 29.6 Å². The molecule has 9 heteroatoms. The Bertz CT molecular complexity index is 912. The number of hydrogen-bond donors (Lipinski definition) is 1. The number of amides is 1. The van der Waals surface area contributed by atoms with Crippen LogP contribution < -0.4 is 10.2 Å². The van der Waals surface area contributed by atoms with Crippen molar-refractivity contribution < 1.29 is 4.79 Å². The number of hydrogen-bond acceptors (Lipinski definition) is 7. The third-order valence-electron chi connectivity index (χ3n) is 4.76. The number of nitrogens with one attached hydrogen (secondary N) is 1. The molecule has 1 atom stereocenters. The number of anilines is 2. The fourth-order valence-corrected chi connectivity index (χ4v) is 3.66. The molecule has 144 valence electrons. The van der Waals surface area contributed by atoms with E-state index in [1.165, 1.54) is 11.2 Å². The van der Waals surface area contributed by atoms with Gasteiger partial charge in [-0.15, -0.1) is 22.0 Å². The SMILES string of the molecule is CSc1ccc(NC(=O)C2CCCN(c3ccc(-n4cncn4)nn3)C2)cc1. The first-order valence-corrected chi connectivity index (χ1v) is 10.3. The van der Waals surface area contributed by atoms with Crippen LogP contribution >= 0.6 is 11.8 Å². The van der Waals surface area contributed by atoms with Crippen LogP contribution in [-0.2, 0) is 4.79 Å². The van der Waals surface area contributed by atoms with E-state index in [0.29, 0.717) is 12.4 Å².